The zero-order valence-corrected chi connectivity index (χ0v) is 12.6. The van der Waals surface area contributed by atoms with E-state index in [2.05, 4.69) is 45.9 Å². The summed E-state index contributed by atoms with van der Waals surface area (Å²) in [6, 6.07) is 6.38. The van der Waals surface area contributed by atoms with Gasteiger partial charge in [-0.1, -0.05) is 32.9 Å². The molecule has 0 aliphatic heterocycles. The van der Waals surface area contributed by atoms with Gasteiger partial charge in [-0.15, -0.1) is 0 Å². The SMILES string of the molecule is CCC1(C)C(=O)CC1Oc1cc(C(C)C)ccc1C. The predicted octanol–water partition coefficient (Wildman–Crippen LogP) is 4.25. The molecule has 0 N–H and O–H groups in total. The molecule has 1 saturated carbocycles. The molecule has 104 valence electrons. The first-order chi connectivity index (χ1) is 8.88. The van der Waals surface area contributed by atoms with E-state index < -0.39 is 0 Å². The molecule has 0 spiro atoms. The molecule has 2 unspecified atom stereocenters. The Hall–Kier alpha value is -1.31. The van der Waals surface area contributed by atoms with Crippen molar-refractivity contribution in [2.24, 2.45) is 5.41 Å². The van der Waals surface area contributed by atoms with Gasteiger partial charge in [-0.3, -0.25) is 4.79 Å². The Kier molecular flexibility index (Phi) is 3.71. The fourth-order valence-corrected chi connectivity index (χ4v) is 2.53. The molecule has 0 bridgehead atoms. The molecule has 1 aliphatic rings. The molecule has 0 saturated heterocycles. The van der Waals surface area contributed by atoms with Gasteiger partial charge >= 0.3 is 0 Å². The lowest BCUT2D eigenvalue weighted by atomic mass is 9.64. The number of carbonyl (C=O) groups is 1. The molecule has 1 aromatic carbocycles. The normalized spacial score (nSPS) is 26.4. The van der Waals surface area contributed by atoms with Crippen molar-refractivity contribution in [3.63, 3.8) is 0 Å². The molecule has 1 fully saturated rings. The van der Waals surface area contributed by atoms with Crippen LogP contribution in [0, 0.1) is 12.3 Å². The van der Waals surface area contributed by atoms with E-state index in [0.29, 0.717) is 18.1 Å². The van der Waals surface area contributed by atoms with Crippen LogP contribution in [0.25, 0.3) is 0 Å². The monoisotopic (exact) mass is 260 g/mol. The first kappa shape index (κ1) is 14.1. The average Bonchev–Trinajstić information content (AvgIpc) is 2.39. The van der Waals surface area contributed by atoms with E-state index in [1.807, 2.05) is 6.92 Å². The highest BCUT2D eigenvalue weighted by Gasteiger charge is 2.51. The molecule has 2 nitrogen and oxygen atoms in total. The quantitative estimate of drug-likeness (QED) is 0.808. The molecule has 1 aliphatic carbocycles. The molecule has 1 aromatic rings. The van der Waals surface area contributed by atoms with Gasteiger partial charge in [-0.25, -0.2) is 0 Å². The first-order valence-corrected chi connectivity index (χ1v) is 7.19. The molecule has 2 heteroatoms. The van der Waals surface area contributed by atoms with Crippen molar-refractivity contribution >= 4 is 5.78 Å². The van der Waals surface area contributed by atoms with Gasteiger partial charge < -0.3 is 4.74 Å². The second kappa shape index (κ2) is 4.99. The van der Waals surface area contributed by atoms with E-state index in [0.717, 1.165) is 17.7 Å². The lowest BCUT2D eigenvalue weighted by Crippen LogP contribution is -2.54. The molecular weight excluding hydrogens is 236 g/mol. The highest BCUT2D eigenvalue weighted by Crippen LogP contribution is 2.43. The molecule has 0 amide bonds. The molecule has 19 heavy (non-hydrogen) atoms. The number of aryl methyl sites for hydroxylation is 1. The molecule has 2 rings (SSSR count). The molecule has 0 heterocycles. The second-order valence-corrected chi connectivity index (χ2v) is 6.18. The topological polar surface area (TPSA) is 26.3 Å². The molecule has 0 aromatic heterocycles. The van der Waals surface area contributed by atoms with Crippen molar-refractivity contribution in [3.05, 3.63) is 29.3 Å². The van der Waals surface area contributed by atoms with Crippen LogP contribution in [0.5, 0.6) is 5.75 Å². The van der Waals surface area contributed by atoms with Gasteiger partial charge in [0.15, 0.2) is 0 Å². The third kappa shape index (κ3) is 2.41. The maximum Gasteiger partial charge on any atom is 0.146 e. The highest BCUT2D eigenvalue weighted by molar-refractivity contribution is 5.92. The third-order valence-corrected chi connectivity index (χ3v) is 4.60. The number of hydrogen-bond acceptors (Lipinski definition) is 2. The Bertz CT molecular complexity index is 490. The number of ketones is 1. The summed E-state index contributed by atoms with van der Waals surface area (Å²) >= 11 is 0. The van der Waals surface area contributed by atoms with E-state index in [1.165, 1.54) is 5.56 Å². The number of rotatable bonds is 4. The van der Waals surface area contributed by atoms with Gasteiger partial charge in [-0.05, 0) is 43.4 Å². The van der Waals surface area contributed by atoms with Crippen molar-refractivity contribution in [1.82, 2.24) is 0 Å². The fourth-order valence-electron chi connectivity index (χ4n) is 2.53. The van der Waals surface area contributed by atoms with Crippen LogP contribution in [-0.4, -0.2) is 11.9 Å². The maximum absolute atomic E-state index is 11.8. The van der Waals surface area contributed by atoms with Crippen molar-refractivity contribution in [3.8, 4) is 5.75 Å². The second-order valence-electron chi connectivity index (χ2n) is 6.18. The number of carbonyl (C=O) groups excluding carboxylic acids is 1. The summed E-state index contributed by atoms with van der Waals surface area (Å²) in [5.74, 6) is 1.75. The predicted molar refractivity (Wildman–Crippen MR) is 77.7 cm³/mol. The summed E-state index contributed by atoms with van der Waals surface area (Å²) in [4.78, 5) is 11.8. The Labute approximate surface area is 116 Å². The van der Waals surface area contributed by atoms with Gasteiger partial charge in [0.25, 0.3) is 0 Å². The maximum atomic E-state index is 11.8. The highest BCUT2D eigenvalue weighted by atomic mass is 16.5. The van der Waals surface area contributed by atoms with Gasteiger partial charge in [0, 0.05) is 6.42 Å². The summed E-state index contributed by atoms with van der Waals surface area (Å²) in [6.07, 6.45) is 1.43. The van der Waals surface area contributed by atoms with Crippen LogP contribution in [0.15, 0.2) is 18.2 Å². The zero-order valence-electron chi connectivity index (χ0n) is 12.6. The minimum absolute atomic E-state index is 0.0334. The largest absolute Gasteiger partial charge is 0.489 e. The summed E-state index contributed by atoms with van der Waals surface area (Å²) < 4.78 is 6.13. The standard InChI is InChI=1S/C17H24O2/c1-6-17(5)15(18)10-16(17)19-14-9-13(11(2)3)8-7-12(14)4/h7-9,11,16H,6,10H2,1-5H3. The van der Waals surface area contributed by atoms with Gasteiger partial charge in [0.1, 0.15) is 17.6 Å². The Balaban J connectivity index is 2.20. The van der Waals surface area contributed by atoms with E-state index in [1.54, 1.807) is 0 Å². The summed E-state index contributed by atoms with van der Waals surface area (Å²) in [5, 5.41) is 0. The van der Waals surface area contributed by atoms with Crippen LogP contribution in [0.2, 0.25) is 0 Å². The summed E-state index contributed by atoms with van der Waals surface area (Å²) in [6.45, 7) is 10.5. The van der Waals surface area contributed by atoms with Gasteiger partial charge in [0.05, 0.1) is 5.41 Å². The zero-order chi connectivity index (χ0) is 14.2. The number of Topliss-reactive ketones (excluding diaryl/α,β-unsaturated/α-hetero) is 1. The lowest BCUT2D eigenvalue weighted by molar-refractivity contribution is -0.150. The van der Waals surface area contributed by atoms with E-state index in [9.17, 15) is 4.79 Å². The van der Waals surface area contributed by atoms with Crippen LogP contribution in [0.1, 0.15) is 57.6 Å². The number of ether oxygens (including phenoxy) is 1. The van der Waals surface area contributed by atoms with E-state index >= 15 is 0 Å². The smallest absolute Gasteiger partial charge is 0.146 e. The van der Waals surface area contributed by atoms with Crippen LogP contribution in [-0.2, 0) is 4.79 Å². The van der Waals surface area contributed by atoms with Crippen molar-refractivity contribution in [1.29, 1.82) is 0 Å². The van der Waals surface area contributed by atoms with Crippen molar-refractivity contribution in [2.45, 2.75) is 59.5 Å². The Morgan fingerprint density at radius 1 is 1.42 bits per heavy atom. The fraction of sp³-hybridized carbons (Fsp3) is 0.588. The van der Waals surface area contributed by atoms with Crippen LogP contribution in [0.4, 0.5) is 0 Å². The van der Waals surface area contributed by atoms with Crippen LogP contribution >= 0.6 is 0 Å². The minimum atomic E-state index is -0.291. The van der Waals surface area contributed by atoms with Gasteiger partial charge in [-0.2, -0.15) is 0 Å². The first-order valence-electron chi connectivity index (χ1n) is 7.19. The lowest BCUT2D eigenvalue weighted by Gasteiger charge is -2.44. The van der Waals surface area contributed by atoms with Gasteiger partial charge in [0.2, 0.25) is 0 Å². The van der Waals surface area contributed by atoms with Crippen LogP contribution in [0.3, 0.4) is 0 Å². The number of hydrogen-bond donors (Lipinski definition) is 0. The van der Waals surface area contributed by atoms with E-state index in [4.69, 9.17) is 4.74 Å². The Morgan fingerprint density at radius 2 is 2.11 bits per heavy atom. The Morgan fingerprint density at radius 3 is 2.63 bits per heavy atom. The van der Waals surface area contributed by atoms with Crippen LogP contribution < -0.4 is 4.74 Å². The molecular formula is C17H24O2. The molecule has 2 atom stereocenters. The minimum Gasteiger partial charge on any atom is -0.489 e. The third-order valence-electron chi connectivity index (χ3n) is 4.60. The summed E-state index contributed by atoms with van der Waals surface area (Å²) in [5.41, 5.74) is 2.13. The average molecular weight is 260 g/mol. The molecule has 0 radical (unpaired) electrons. The van der Waals surface area contributed by atoms with Crippen molar-refractivity contribution < 1.29 is 9.53 Å². The van der Waals surface area contributed by atoms with E-state index in [-0.39, 0.29) is 11.5 Å². The summed E-state index contributed by atoms with van der Waals surface area (Å²) in [7, 11) is 0. The van der Waals surface area contributed by atoms with Crippen molar-refractivity contribution in [2.75, 3.05) is 0 Å². The number of benzene rings is 1.